The minimum absolute atomic E-state index is 0.0897. The van der Waals surface area contributed by atoms with Gasteiger partial charge < -0.3 is 15.2 Å². The average Bonchev–Trinajstić information content (AvgIpc) is 2.16. The molecule has 0 radical (unpaired) electrons. The predicted octanol–water partition coefficient (Wildman–Crippen LogP) is 0.931. The first-order chi connectivity index (χ1) is 6.65. The van der Waals surface area contributed by atoms with E-state index in [0.717, 1.165) is 0 Å². The van der Waals surface area contributed by atoms with E-state index in [2.05, 4.69) is 9.47 Å². The van der Waals surface area contributed by atoms with Gasteiger partial charge in [-0.25, -0.2) is 9.59 Å². The van der Waals surface area contributed by atoms with Gasteiger partial charge in [0, 0.05) is 0 Å². The lowest BCUT2D eigenvalue weighted by Gasteiger charge is -2.05. The zero-order valence-corrected chi connectivity index (χ0v) is 7.52. The second kappa shape index (κ2) is 4.27. The molecule has 0 aliphatic rings. The summed E-state index contributed by atoms with van der Waals surface area (Å²) in [6, 6.07) is 6.17. The first-order valence-corrected chi connectivity index (χ1v) is 3.79. The maximum Gasteiger partial charge on any atom is 0.409 e. The minimum Gasteiger partial charge on any atom is -0.465 e. The molecule has 1 amide bonds. The molecule has 5 nitrogen and oxygen atoms in total. The van der Waals surface area contributed by atoms with Gasteiger partial charge in [0.2, 0.25) is 0 Å². The third kappa shape index (κ3) is 2.22. The maximum atomic E-state index is 11.2. The van der Waals surface area contributed by atoms with Crippen LogP contribution in [0.2, 0.25) is 0 Å². The van der Waals surface area contributed by atoms with Gasteiger partial charge in [-0.2, -0.15) is 0 Å². The van der Waals surface area contributed by atoms with Crippen LogP contribution in [0.5, 0.6) is 5.75 Å². The summed E-state index contributed by atoms with van der Waals surface area (Å²) < 4.78 is 9.09. The van der Waals surface area contributed by atoms with E-state index >= 15 is 0 Å². The van der Waals surface area contributed by atoms with E-state index in [1.54, 1.807) is 12.1 Å². The number of hydrogen-bond acceptors (Lipinski definition) is 4. The first kappa shape index (κ1) is 10.0. The van der Waals surface area contributed by atoms with Crippen LogP contribution in [0.15, 0.2) is 24.3 Å². The third-order valence-corrected chi connectivity index (χ3v) is 1.50. The summed E-state index contributed by atoms with van der Waals surface area (Å²) in [5.74, 6) is -0.492. The minimum atomic E-state index is -0.971. The molecule has 2 N–H and O–H groups in total. The van der Waals surface area contributed by atoms with Crippen molar-refractivity contribution in [3.8, 4) is 5.75 Å². The number of esters is 1. The molecule has 1 aromatic carbocycles. The largest absolute Gasteiger partial charge is 0.465 e. The number of carbonyl (C=O) groups excluding carboxylic acids is 2. The number of ether oxygens (including phenoxy) is 2. The Labute approximate surface area is 80.4 Å². The molecule has 1 aromatic rings. The van der Waals surface area contributed by atoms with Crippen molar-refractivity contribution in [1.82, 2.24) is 0 Å². The number of amides is 1. The van der Waals surface area contributed by atoms with Crippen LogP contribution in [0.25, 0.3) is 0 Å². The molecule has 0 atom stereocenters. The van der Waals surface area contributed by atoms with Crippen LogP contribution in [-0.4, -0.2) is 19.2 Å². The van der Waals surface area contributed by atoms with Gasteiger partial charge in [0.15, 0.2) is 0 Å². The van der Waals surface area contributed by atoms with Crippen molar-refractivity contribution < 1.29 is 19.1 Å². The van der Waals surface area contributed by atoms with E-state index in [0.29, 0.717) is 0 Å². The number of hydrogen-bond donors (Lipinski definition) is 1. The molecular weight excluding hydrogens is 186 g/mol. The zero-order valence-electron chi connectivity index (χ0n) is 7.52. The molecule has 0 aromatic heterocycles. The summed E-state index contributed by atoms with van der Waals surface area (Å²) >= 11 is 0. The Morgan fingerprint density at radius 2 is 1.93 bits per heavy atom. The normalized spacial score (nSPS) is 9.21. The topological polar surface area (TPSA) is 78.6 Å². The van der Waals surface area contributed by atoms with Crippen molar-refractivity contribution >= 4 is 12.1 Å². The molecule has 5 heteroatoms. The molecule has 0 unspecified atom stereocenters. The van der Waals surface area contributed by atoms with E-state index in [4.69, 9.17) is 5.73 Å². The Kier molecular flexibility index (Phi) is 3.06. The highest BCUT2D eigenvalue weighted by Crippen LogP contribution is 2.18. The SMILES string of the molecule is COC(=O)c1ccccc1OC(N)=O. The standard InChI is InChI=1S/C9H9NO4/c1-13-8(11)6-4-2-3-5-7(6)14-9(10)12/h2-5H,1H3,(H2,10,12). The van der Waals surface area contributed by atoms with Crippen molar-refractivity contribution in [3.05, 3.63) is 29.8 Å². The summed E-state index contributed by atoms with van der Waals surface area (Å²) in [7, 11) is 1.24. The number of rotatable bonds is 2. The molecule has 1 rings (SSSR count). The van der Waals surface area contributed by atoms with Crippen LogP contribution in [0.1, 0.15) is 10.4 Å². The van der Waals surface area contributed by atoms with Gasteiger partial charge >= 0.3 is 12.1 Å². The highest BCUT2D eigenvalue weighted by atomic mass is 16.6. The molecule has 0 aliphatic carbocycles. The summed E-state index contributed by atoms with van der Waals surface area (Å²) in [4.78, 5) is 21.6. The molecule has 0 saturated heterocycles. The fourth-order valence-electron chi connectivity index (χ4n) is 0.943. The van der Waals surface area contributed by atoms with Gasteiger partial charge in [0.05, 0.1) is 7.11 Å². The zero-order chi connectivity index (χ0) is 10.6. The van der Waals surface area contributed by atoms with Gasteiger partial charge in [-0.15, -0.1) is 0 Å². The van der Waals surface area contributed by atoms with Crippen molar-refractivity contribution in [3.63, 3.8) is 0 Å². The van der Waals surface area contributed by atoms with E-state index in [-0.39, 0.29) is 11.3 Å². The molecule has 0 bridgehead atoms. The van der Waals surface area contributed by atoms with Crippen molar-refractivity contribution in [1.29, 1.82) is 0 Å². The second-order valence-corrected chi connectivity index (χ2v) is 2.41. The Morgan fingerprint density at radius 1 is 1.29 bits per heavy atom. The average molecular weight is 195 g/mol. The highest BCUT2D eigenvalue weighted by molar-refractivity contribution is 5.93. The number of benzene rings is 1. The van der Waals surface area contributed by atoms with Gasteiger partial charge in [-0.3, -0.25) is 0 Å². The molecule has 74 valence electrons. The smallest absolute Gasteiger partial charge is 0.409 e. The molecule has 0 saturated carbocycles. The van der Waals surface area contributed by atoms with Crippen LogP contribution in [0.4, 0.5) is 4.79 Å². The quantitative estimate of drug-likeness (QED) is 0.712. The fourth-order valence-corrected chi connectivity index (χ4v) is 0.943. The lowest BCUT2D eigenvalue weighted by molar-refractivity contribution is 0.0598. The highest BCUT2D eigenvalue weighted by Gasteiger charge is 2.13. The van der Waals surface area contributed by atoms with E-state index < -0.39 is 12.1 Å². The fraction of sp³-hybridized carbons (Fsp3) is 0.111. The Balaban J connectivity index is 3.02. The van der Waals surface area contributed by atoms with Crippen LogP contribution in [-0.2, 0) is 4.74 Å². The van der Waals surface area contributed by atoms with Crippen molar-refractivity contribution in [2.24, 2.45) is 5.73 Å². The number of methoxy groups -OCH3 is 1. The molecule has 0 spiro atoms. The van der Waals surface area contributed by atoms with Gasteiger partial charge in [0.25, 0.3) is 0 Å². The summed E-state index contributed by atoms with van der Waals surface area (Å²) in [5.41, 5.74) is 4.98. The van der Waals surface area contributed by atoms with Crippen LogP contribution >= 0.6 is 0 Å². The third-order valence-electron chi connectivity index (χ3n) is 1.50. The molecular formula is C9H9NO4. The van der Waals surface area contributed by atoms with E-state index in [9.17, 15) is 9.59 Å². The van der Waals surface area contributed by atoms with E-state index in [1.165, 1.54) is 19.2 Å². The van der Waals surface area contributed by atoms with Crippen LogP contribution < -0.4 is 10.5 Å². The Morgan fingerprint density at radius 3 is 2.50 bits per heavy atom. The first-order valence-electron chi connectivity index (χ1n) is 3.79. The van der Waals surface area contributed by atoms with Crippen molar-refractivity contribution in [2.75, 3.05) is 7.11 Å². The molecule has 0 aliphatic heterocycles. The summed E-state index contributed by atoms with van der Waals surface area (Å²) in [6.45, 7) is 0. The van der Waals surface area contributed by atoms with Crippen LogP contribution in [0, 0.1) is 0 Å². The van der Waals surface area contributed by atoms with Crippen LogP contribution in [0.3, 0.4) is 0 Å². The lowest BCUT2D eigenvalue weighted by Crippen LogP contribution is -2.18. The molecule has 14 heavy (non-hydrogen) atoms. The summed E-state index contributed by atoms with van der Waals surface area (Å²) in [5, 5.41) is 0. The number of primary amides is 1. The number of nitrogens with two attached hydrogens (primary N) is 1. The lowest BCUT2D eigenvalue weighted by atomic mass is 10.2. The van der Waals surface area contributed by atoms with Gasteiger partial charge in [0.1, 0.15) is 11.3 Å². The molecule has 0 fully saturated rings. The predicted molar refractivity (Wildman–Crippen MR) is 48.0 cm³/mol. The maximum absolute atomic E-state index is 11.2. The Hall–Kier alpha value is -2.04. The number of carbonyl (C=O) groups is 2. The van der Waals surface area contributed by atoms with Crippen molar-refractivity contribution in [2.45, 2.75) is 0 Å². The summed E-state index contributed by atoms with van der Waals surface area (Å²) in [6.07, 6.45) is -0.971. The molecule has 0 heterocycles. The van der Waals surface area contributed by atoms with Gasteiger partial charge in [-0.05, 0) is 12.1 Å². The van der Waals surface area contributed by atoms with Gasteiger partial charge in [-0.1, -0.05) is 12.1 Å². The monoisotopic (exact) mass is 195 g/mol. The number of para-hydroxylation sites is 1. The van der Waals surface area contributed by atoms with E-state index in [1.807, 2.05) is 0 Å². The second-order valence-electron chi connectivity index (χ2n) is 2.41. The Bertz CT molecular complexity index is 362.